The third-order valence-electron chi connectivity index (χ3n) is 5.03. The average Bonchev–Trinajstić information content (AvgIpc) is 2.96. The molecule has 4 rings (SSSR count). The van der Waals surface area contributed by atoms with E-state index in [1.807, 2.05) is 43.3 Å². The summed E-state index contributed by atoms with van der Waals surface area (Å²) in [5.41, 5.74) is 12.9. The van der Waals surface area contributed by atoms with Gasteiger partial charge in [-0.2, -0.15) is 0 Å². The number of benzene rings is 3. The number of nitrogen functional groups attached to an aromatic ring is 1. The van der Waals surface area contributed by atoms with Gasteiger partial charge in [-0.25, -0.2) is 0 Å². The first-order chi connectivity index (χ1) is 12.6. The maximum Gasteiger partial charge on any atom is 0.254 e. The van der Waals surface area contributed by atoms with Gasteiger partial charge >= 0.3 is 0 Å². The summed E-state index contributed by atoms with van der Waals surface area (Å²) in [7, 11) is 0. The van der Waals surface area contributed by atoms with Crippen molar-refractivity contribution in [3.8, 4) is 11.1 Å². The lowest BCUT2D eigenvalue weighted by Crippen LogP contribution is -2.29. The van der Waals surface area contributed by atoms with E-state index >= 15 is 0 Å². The zero-order valence-corrected chi connectivity index (χ0v) is 14.5. The molecular weight excluding hydrogens is 324 g/mol. The van der Waals surface area contributed by atoms with E-state index in [2.05, 4.69) is 17.4 Å². The molecule has 0 aromatic heterocycles. The lowest BCUT2D eigenvalue weighted by atomic mass is 10.0. The van der Waals surface area contributed by atoms with Crippen LogP contribution in [-0.4, -0.2) is 11.0 Å². The minimum atomic E-state index is -0.242. The van der Waals surface area contributed by atoms with Crippen LogP contribution in [0, 0.1) is 6.92 Å². The van der Waals surface area contributed by atoms with E-state index in [9.17, 15) is 9.90 Å². The van der Waals surface area contributed by atoms with Gasteiger partial charge in [-0.15, -0.1) is 0 Å². The number of aliphatic hydroxyl groups is 1. The highest BCUT2D eigenvalue weighted by Gasteiger charge is 2.29. The fourth-order valence-electron chi connectivity index (χ4n) is 3.66. The fraction of sp³-hybridized carbons (Fsp3) is 0.136. The Kier molecular flexibility index (Phi) is 3.98. The third kappa shape index (κ3) is 2.55. The standard InChI is InChI=1S/C22H20N2O2/c1-13-10-20(23)19(11-14(13)12-25)22(26)24-21-17-8-4-2-6-15(17)16-7-3-5-9-18(16)21/h2-11,21,25H,12,23H2,1H3,(H,24,26). The molecule has 0 bridgehead atoms. The Balaban J connectivity index is 1.73. The predicted molar refractivity (Wildman–Crippen MR) is 103 cm³/mol. The van der Waals surface area contributed by atoms with Crippen molar-refractivity contribution in [2.75, 3.05) is 5.73 Å². The Morgan fingerprint density at radius 2 is 1.62 bits per heavy atom. The van der Waals surface area contributed by atoms with E-state index in [-0.39, 0.29) is 18.6 Å². The first-order valence-corrected chi connectivity index (χ1v) is 8.59. The number of anilines is 1. The molecule has 3 aromatic rings. The molecule has 1 amide bonds. The van der Waals surface area contributed by atoms with Crippen LogP contribution in [0.1, 0.15) is 38.7 Å². The monoisotopic (exact) mass is 344 g/mol. The van der Waals surface area contributed by atoms with Crippen LogP contribution in [-0.2, 0) is 6.61 Å². The molecule has 1 aliphatic carbocycles. The van der Waals surface area contributed by atoms with Gasteiger partial charge in [0.15, 0.2) is 0 Å². The molecule has 0 aliphatic heterocycles. The van der Waals surface area contributed by atoms with Crippen LogP contribution in [0.5, 0.6) is 0 Å². The van der Waals surface area contributed by atoms with Crippen molar-refractivity contribution in [2.24, 2.45) is 0 Å². The van der Waals surface area contributed by atoms with Crippen molar-refractivity contribution < 1.29 is 9.90 Å². The van der Waals surface area contributed by atoms with Crippen molar-refractivity contribution in [3.63, 3.8) is 0 Å². The molecule has 0 spiro atoms. The molecule has 130 valence electrons. The number of aliphatic hydroxyl groups excluding tert-OH is 1. The molecule has 0 fully saturated rings. The number of nitrogens with two attached hydrogens (primary N) is 1. The van der Waals surface area contributed by atoms with Gasteiger partial charge in [-0.05, 0) is 52.4 Å². The van der Waals surface area contributed by atoms with E-state index in [4.69, 9.17) is 5.73 Å². The molecule has 4 heteroatoms. The summed E-state index contributed by atoms with van der Waals surface area (Å²) in [4.78, 5) is 12.9. The molecule has 0 heterocycles. The Morgan fingerprint density at radius 3 is 2.19 bits per heavy atom. The number of fused-ring (bicyclic) bond motifs is 3. The molecule has 1 aliphatic rings. The number of amides is 1. The molecule has 4 nitrogen and oxygen atoms in total. The molecule has 0 unspecified atom stereocenters. The van der Waals surface area contributed by atoms with Crippen LogP contribution in [0.3, 0.4) is 0 Å². The van der Waals surface area contributed by atoms with Gasteiger partial charge in [-0.1, -0.05) is 48.5 Å². The Bertz CT molecular complexity index is 965. The van der Waals surface area contributed by atoms with Crippen LogP contribution in [0.2, 0.25) is 0 Å². The summed E-state index contributed by atoms with van der Waals surface area (Å²) in [6, 6.07) is 19.4. The highest BCUT2D eigenvalue weighted by atomic mass is 16.3. The van der Waals surface area contributed by atoms with Gasteiger partial charge in [0, 0.05) is 5.69 Å². The topological polar surface area (TPSA) is 75.4 Å². The molecule has 0 saturated carbocycles. The van der Waals surface area contributed by atoms with Gasteiger partial charge in [0.2, 0.25) is 0 Å². The van der Waals surface area contributed by atoms with Crippen molar-refractivity contribution in [1.82, 2.24) is 5.32 Å². The summed E-state index contributed by atoms with van der Waals surface area (Å²) in [6.45, 7) is 1.74. The van der Waals surface area contributed by atoms with Crippen molar-refractivity contribution in [3.05, 3.63) is 88.5 Å². The zero-order valence-electron chi connectivity index (χ0n) is 14.5. The lowest BCUT2D eigenvalue weighted by molar-refractivity contribution is 0.0944. The van der Waals surface area contributed by atoms with Crippen LogP contribution >= 0.6 is 0 Å². The second-order valence-corrected chi connectivity index (χ2v) is 6.61. The minimum absolute atomic E-state index is 0.124. The third-order valence-corrected chi connectivity index (χ3v) is 5.03. The summed E-state index contributed by atoms with van der Waals surface area (Å²) < 4.78 is 0. The van der Waals surface area contributed by atoms with E-state index in [1.165, 1.54) is 0 Å². The number of aryl methyl sites for hydroxylation is 1. The molecule has 26 heavy (non-hydrogen) atoms. The summed E-state index contributed by atoms with van der Waals surface area (Å²) in [5, 5.41) is 12.6. The average molecular weight is 344 g/mol. The molecule has 4 N–H and O–H groups in total. The lowest BCUT2D eigenvalue weighted by Gasteiger charge is -2.17. The number of hydrogen-bond donors (Lipinski definition) is 3. The van der Waals surface area contributed by atoms with Crippen LogP contribution in [0.25, 0.3) is 11.1 Å². The van der Waals surface area contributed by atoms with Crippen molar-refractivity contribution in [1.29, 1.82) is 0 Å². The molecule has 0 radical (unpaired) electrons. The van der Waals surface area contributed by atoms with Gasteiger partial charge in [-0.3, -0.25) is 4.79 Å². The highest BCUT2D eigenvalue weighted by molar-refractivity contribution is 6.00. The predicted octanol–water partition coefficient (Wildman–Crippen LogP) is 3.57. The van der Waals surface area contributed by atoms with Crippen LogP contribution in [0.15, 0.2) is 60.7 Å². The first kappa shape index (κ1) is 16.4. The van der Waals surface area contributed by atoms with Crippen molar-refractivity contribution in [2.45, 2.75) is 19.6 Å². The minimum Gasteiger partial charge on any atom is -0.398 e. The first-order valence-electron chi connectivity index (χ1n) is 8.59. The van der Waals surface area contributed by atoms with Crippen LogP contribution < -0.4 is 11.1 Å². The number of nitrogens with one attached hydrogen (secondary N) is 1. The summed E-state index contributed by atoms with van der Waals surface area (Å²) in [6.07, 6.45) is 0. The fourth-order valence-corrected chi connectivity index (χ4v) is 3.66. The SMILES string of the molecule is Cc1cc(N)c(C(=O)NC2c3ccccc3-c3ccccc32)cc1CO. The quantitative estimate of drug-likeness (QED) is 0.636. The van der Waals surface area contributed by atoms with E-state index in [0.717, 1.165) is 27.8 Å². The second-order valence-electron chi connectivity index (χ2n) is 6.61. The normalized spacial score (nSPS) is 12.5. The van der Waals surface area contributed by atoms with E-state index < -0.39 is 0 Å². The Morgan fingerprint density at radius 1 is 1.04 bits per heavy atom. The van der Waals surface area contributed by atoms with Crippen molar-refractivity contribution >= 4 is 11.6 Å². The number of rotatable bonds is 3. The smallest absolute Gasteiger partial charge is 0.254 e. The van der Waals surface area contributed by atoms with Gasteiger partial charge in [0.25, 0.3) is 5.91 Å². The highest BCUT2D eigenvalue weighted by Crippen LogP contribution is 2.43. The number of carbonyl (C=O) groups is 1. The summed E-state index contributed by atoms with van der Waals surface area (Å²) >= 11 is 0. The molecular formula is C22H20N2O2. The van der Waals surface area contributed by atoms with Gasteiger partial charge < -0.3 is 16.2 Å². The zero-order chi connectivity index (χ0) is 18.3. The Hall–Kier alpha value is -3.11. The maximum atomic E-state index is 12.9. The van der Waals surface area contributed by atoms with Crippen LogP contribution in [0.4, 0.5) is 5.69 Å². The maximum absolute atomic E-state index is 12.9. The molecule has 0 atom stereocenters. The molecule has 3 aromatic carbocycles. The largest absolute Gasteiger partial charge is 0.398 e. The van der Waals surface area contributed by atoms with Gasteiger partial charge in [0.1, 0.15) is 0 Å². The number of hydrogen-bond acceptors (Lipinski definition) is 3. The van der Waals surface area contributed by atoms with E-state index in [0.29, 0.717) is 16.8 Å². The molecule has 0 saturated heterocycles. The summed E-state index contributed by atoms with van der Waals surface area (Å²) in [5.74, 6) is -0.242. The second kappa shape index (κ2) is 6.32. The van der Waals surface area contributed by atoms with Gasteiger partial charge in [0.05, 0.1) is 18.2 Å². The Labute approximate surface area is 152 Å². The van der Waals surface area contributed by atoms with E-state index in [1.54, 1.807) is 12.1 Å². The number of carbonyl (C=O) groups excluding carboxylic acids is 1.